The van der Waals surface area contributed by atoms with E-state index in [0.717, 1.165) is 24.8 Å². The second-order valence-electron chi connectivity index (χ2n) is 4.57. The number of hydrogen-bond acceptors (Lipinski definition) is 3. The van der Waals surface area contributed by atoms with Crippen molar-refractivity contribution in [2.75, 3.05) is 0 Å². The maximum atomic E-state index is 11.9. The summed E-state index contributed by atoms with van der Waals surface area (Å²) in [7, 11) is -3.52. The molecule has 1 rings (SSSR count). The average Bonchev–Trinajstić information content (AvgIpc) is 2.38. The van der Waals surface area contributed by atoms with Crippen molar-refractivity contribution in [3.8, 4) is 0 Å². The predicted molar refractivity (Wildman–Crippen MR) is 78.8 cm³/mol. The number of sulfonamides is 1. The molecule has 4 nitrogen and oxygen atoms in total. The molecule has 0 spiro atoms. The smallest absolute Gasteiger partial charge is 0.200 e. The molecule has 0 unspecified atom stereocenters. The minimum absolute atomic E-state index is 0.237. The van der Waals surface area contributed by atoms with Crippen LogP contribution in [0, 0.1) is 6.92 Å². The molecule has 5 heteroatoms. The third kappa shape index (κ3) is 5.87. The summed E-state index contributed by atoms with van der Waals surface area (Å²) in [4.78, 5) is 2.46. The Balaban J connectivity index is 2.43. The molecule has 19 heavy (non-hydrogen) atoms. The molecule has 0 aliphatic rings. The van der Waals surface area contributed by atoms with Crippen LogP contribution in [0.25, 0.3) is 0 Å². The minimum Gasteiger partial charge on any atom is -0.200 e. The van der Waals surface area contributed by atoms with Gasteiger partial charge in [0.25, 0.3) is 10.0 Å². The molecule has 0 aromatic heterocycles. The van der Waals surface area contributed by atoms with E-state index in [1.165, 1.54) is 12.8 Å². The molecular formula is C14H22N2O2S. The number of unbranched alkanes of at least 4 members (excludes halogenated alkanes) is 4. The van der Waals surface area contributed by atoms with E-state index in [0.29, 0.717) is 0 Å². The number of aryl methyl sites for hydroxylation is 1. The van der Waals surface area contributed by atoms with Gasteiger partial charge in [-0.1, -0.05) is 43.9 Å². The van der Waals surface area contributed by atoms with E-state index in [4.69, 9.17) is 0 Å². The van der Waals surface area contributed by atoms with Gasteiger partial charge in [-0.25, -0.2) is 4.83 Å². The number of hydrazone groups is 1. The summed E-state index contributed by atoms with van der Waals surface area (Å²) in [5, 5.41) is 3.78. The van der Waals surface area contributed by atoms with Crippen LogP contribution in [-0.4, -0.2) is 14.6 Å². The first kappa shape index (κ1) is 15.7. The normalized spacial score (nSPS) is 11.9. The van der Waals surface area contributed by atoms with Gasteiger partial charge in [0.05, 0.1) is 4.90 Å². The summed E-state index contributed by atoms with van der Waals surface area (Å²) in [6, 6.07) is 6.69. The van der Waals surface area contributed by atoms with Crippen molar-refractivity contribution in [2.45, 2.75) is 50.8 Å². The van der Waals surface area contributed by atoms with Crippen molar-refractivity contribution < 1.29 is 8.42 Å². The molecule has 0 aliphatic heterocycles. The van der Waals surface area contributed by atoms with Crippen molar-refractivity contribution in [3.63, 3.8) is 0 Å². The van der Waals surface area contributed by atoms with E-state index in [2.05, 4.69) is 16.9 Å². The Kier molecular flexibility index (Phi) is 6.56. The summed E-state index contributed by atoms with van der Waals surface area (Å²) < 4.78 is 23.7. The van der Waals surface area contributed by atoms with Crippen LogP contribution in [0.1, 0.15) is 44.6 Å². The Bertz CT molecular complexity index is 493. The highest BCUT2D eigenvalue weighted by Gasteiger charge is 2.11. The first-order valence-corrected chi connectivity index (χ1v) is 8.14. The number of nitrogens with one attached hydrogen (secondary N) is 1. The molecule has 0 atom stereocenters. The van der Waals surface area contributed by atoms with Gasteiger partial charge >= 0.3 is 0 Å². The fourth-order valence-corrected chi connectivity index (χ4v) is 2.42. The van der Waals surface area contributed by atoms with Crippen molar-refractivity contribution >= 4 is 16.2 Å². The maximum absolute atomic E-state index is 11.9. The average molecular weight is 282 g/mol. The molecule has 0 radical (unpaired) electrons. The molecule has 1 N–H and O–H groups in total. The van der Waals surface area contributed by atoms with E-state index >= 15 is 0 Å². The molecule has 0 amide bonds. The number of nitrogens with zero attached hydrogens (tertiary/aromatic N) is 1. The van der Waals surface area contributed by atoms with Crippen molar-refractivity contribution in [3.05, 3.63) is 29.8 Å². The van der Waals surface area contributed by atoms with Crippen molar-refractivity contribution in [1.29, 1.82) is 0 Å². The standard InChI is InChI=1S/C14H22N2O2S/c1-3-4-5-6-7-12-15-16-19(17,18)14-10-8-13(2)9-11-14/h8-12,16H,3-7H2,1-2H3/b15-12+. The molecule has 0 saturated carbocycles. The lowest BCUT2D eigenvalue weighted by Gasteiger charge is -2.03. The van der Waals surface area contributed by atoms with Crippen LogP contribution in [0.15, 0.2) is 34.3 Å². The first-order valence-electron chi connectivity index (χ1n) is 6.66. The van der Waals surface area contributed by atoms with Gasteiger partial charge < -0.3 is 0 Å². The van der Waals surface area contributed by atoms with E-state index in [1.807, 2.05) is 6.92 Å². The van der Waals surface area contributed by atoms with Crippen molar-refractivity contribution in [2.24, 2.45) is 5.10 Å². The highest BCUT2D eigenvalue weighted by molar-refractivity contribution is 7.89. The fourth-order valence-electron chi connectivity index (χ4n) is 1.60. The molecule has 106 valence electrons. The van der Waals surface area contributed by atoms with Gasteiger partial charge in [0.15, 0.2) is 0 Å². The van der Waals surface area contributed by atoms with Crippen LogP contribution in [-0.2, 0) is 10.0 Å². The molecular weight excluding hydrogens is 260 g/mol. The third-order valence-electron chi connectivity index (χ3n) is 2.78. The fraction of sp³-hybridized carbons (Fsp3) is 0.500. The first-order chi connectivity index (χ1) is 9.06. The highest BCUT2D eigenvalue weighted by atomic mass is 32.2. The van der Waals surface area contributed by atoms with E-state index in [1.54, 1.807) is 30.5 Å². The Labute approximate surface area is 116 Å². The van der Waals surface area contributed by atoms with Gasteiger partial charge in [0.1, 0.15) is 0 Å². The molecule has 0 bridgehead atoms. The summed E-state index contributed by atoms with van der Waals surface area (Å²) in [6.45, 7) is 4.07. The van der Waals surface area contributed by atoms with Gasteiger partial charge in [0, 0.05) is 6.21 Å². The van der Waals surface area contributed by atoms with Gasteiger partial charge in [0.2, 0.25) is 0 Å². The summed E-state index contributed by atoms with van der Waals surface area (Å²) >= 11 is 0. The molecule has 0 saturated heterocycles. The Morgan fingerprint density at radius 3 is 2.47 bits per heavy atom. The quantitative estimate of drug-likeness (QED) is 0.452. The predicted octanol–water partition coefficient (Wildman–Crippen LogP) is 3.23. The third-order valence-corrected chi connectivity index (χ3v) is 4.02. The Hall–Kier alpha value is -1.36. The minimum atomic E-state index is -3.52. The topological polar surface area (TPSA) is 58.5 Å². The van der Waals surface area contributed by atoms with Crippen LogP contribution in [0.5, 0.6) is 0 Å². The summed E-state index contributed by atoms with van der Waals surface area (Å²) in [5.41, 5.74) is 1.03. The molecule has 1 aromatic carbocycles. The van der Waals surface area contributed by atoms with Gasteiger partial charge in [-0.15, -0.1) is 0 Å². The molecule has 0 heterocycles. The Morgan fingerprint density at radius 2 is 1.84 bits per heavy atom. The van der Waals surface area contributed by atoms with E-state index < -0.39 is 10.0 Å². The second-order valence-corrected chi connectivity index (χ2v) is 6.23. The van der Waals surface area contributed by atoms with Crippen LogP contribution in [0.3, 0.4) is 0 Å². The van der Waals surface area contributed by atoms with Crippen LogP contribution in [0.4, 0.5) is 0 Å². The molecule has 0 aliphatic carbocycles. The summed E-state index contributed by atoms with van der Waals surface area (Å²) in [6.07, 6.45) is 7.04. The van der Waals surface area contributed by atoms with Crippen LogP contribution in [0.2, 0.25) is 0 Å². The maximum Gasteiger partial charge on any atom is 0.276 e. The van der Waals surface area contributed by atoms with Crippen LogP contribution < -0.4 is 4.83 Å². The number of rotatable bonds is 8. The molecule has 1 aromatic rings. The van der Waals surface area contributed by atoms with Gasteiger partial charge in [-0.3, -0.25) is 0 Å². The van der Waals surface area contributed by atoms with E-state index in [-0.39, 0.29) is 4.90 Å². The van der Waals surface area contributed by atoms with Crippen molar-refractivity contribution in [1.82, 2.24) is 4.83 Å². The lowest BCUT2D eigenvalue weighted by atomic mass is 10.2. The SMILES string of the molecule is CCCCCC/C=N/NS(=O)(=O)c1ccc(C)cc1. The van der Waals surface area contributed by atoms with Gasteiger partial charge in [-0.05, 0) is 31.9 Å². The largest absolute Gasteiger partial charge is 0.276 e. The lowest BCUT2D eigenvalue weighted by molar-refractivity contribution is 0.584. The highest BCUT2D eigenvalue weighted by Crippen LogP contribution is 2.09. The number of benzene rings is 1. The van der Waals surface area contributed by atoms with Gasteiger partial charge in [-0.2, -0.15) is 13.5 Å². The second kappa shape index (κ2) is 7.94. The van der Waals surface area contributed by atoms with Crippen LogP contribution >= 0.6 is 0 Å². The monoisotopic (exact) mass is 282 g/mol. The lowest BCUT2D eigenvalue weighted by Crippen LogP contribution is -2.18. The molecule has 0 fully saturated rings. The zero-order valence-corrected chi connectivity index (χ0v) is 12.4. The van der Waals surface area contributed by atoms with E-state index in [9.17, 15) is 8.42 Å². The Morgan fingerprint density at radius 1 is 1.16 bits per heavy atom. The number of hydrogen-bond donors (Lipinski definition) is 1. The zero-order valence-electron chi connectivity index (χ0n) is 11.6. The zero-order chi connectivity index (χ0) is 14.1. The summed E-state index contributed by atoms with van der Waals surface area (Å²) in [5.74, 6) is 0.